The Balaban J connectivity index is 2.59. The van der Waals surface area contributed by atoms with Crippen molar-refractivity contribution in [2.24, 2.45) is 0 Å². The van der Waals surface area contributed by atoms with Gasteiger partial charge in [0.25, 0.3) is 0 Å². The van der Waals surface area contributed by atoms with Crippen LogP contribution >= 0.6 is 15.9 Å². The van der Waals surface area contributed by atoms with E-state index in [9.17, 15) is 13.2 Å². The second-order valence-electron chi connectivity index (χ2n) is 4.17. The molecule has 1 N–H and O–H groups in total. The van der Waals surface area contributed by atoms with Crippen molar-refractivity contribution in [3.63, 3.8) is 0 Å². The van der Waals surface area contributed by atoms with Crippen LogP contribution in [0.25, 0.3) is 0 Å². The predicted molar refractivity (Wildman–Crippen MR) is 81.8 cm³/mol. The van der Waals surface area contributed by atoms with Gasteiger partial charge in [-0.2, -0.15) is 5.26 Å². The molecule has 1 amide bonds. The van der Waals surface area contributed by atoms with Gasteiger partial charge in [-0.1, -0.05) is 22.0 Å². The summed E-state index contributed by atoms with van der Waals surface area (Å²) in [5, 5.41) is 8.59. The monoisotopic (exact) mass is 373 g/mol. The molecule has 0 bridgehead atoms. The van der Waals surface area contributed by atoms with Crippen LogP contribution in [0.3, 0.4) is 0 Å². The van der Waals surface area contributed by atoms with Gasteiger partial charge in [-0.25, -0.2) is 13.1 Å². The summed E-state index contributed by atoms with van der Waals surface area (Å²) >= 11 is 3.21. The smallest absolute Gasteiger partial charge is 0.240 e. The van der Waals surface area contributed by atoms with Crippen LogP contribution in [0.1, 0.15) is 13.3 Å². The number of nitrogens with zero attached hydrogens (tertiary/aromatic N) is 2. The van der Waals surface area contributed by atoms with E-state index < -0.39 is 10.0 Å². The summed E-state index contributed by atoms with van der Waals surface area (Å²) in [4.78, 5) is 13.3. The number of halogens is 1. The van der Waals surface area contributed by atoms with Crippen LogP contribution in [0, 0.1) is 11.3 Å². The molecule has 1 aromatic rings. The van der Waals surface area contributed by atoms with Gasteiger partial charge in [-0.15, -0.1) is 0 Å². The van der Waals surface area contributed by atoms with E-state index in [-0.39, 0.29) is 30.3 Å². The Morgan fingerprint density at radius 1 is 1.48 bits per heavy atom. The molecule has 1 rings (SSSR count). The number of benzene rings is 1. The van der Waals surface area contributed by atoms with Crippen molar-refractivity contribution in [3.8, 4) is 6.07 Å². The molecule has 0 aromatic heterocycles. The average Bonchev–Trinajstić information content (AvgIpc) is 2.44. The topological polar surface area (TPSA) is 90.3 Å². The highest BCUT2D eigenvalue weighted by atomic mass is 79.9. The normalized spacial score (nSPS) is 10.9. The first-order chi connectivity index (χ1) is 9.90. The molecular formula is C13H16BrN3O3S. The van der Waals surface area contributed by atoms with E-state index in [4.69, 9.17) is 5.26 Å². The van der Waals surface area contributed by atoms with Crippen LogP contribution in [-0.2, 0) is 14.8 Å². The van der Waals surface area contributed by atoms with Crippen LogP contribution in [0.5, 0.6) is 0 Å². The van der Waals surface area contributed by atoms with Crippen molar-refractivity contribution >= 4 is 31.9 Å². The maximum Gasteiger partial charge on any atom is 0.240 e. The van der Waals surface area contributed by atoms with E-state index in [1.807, 2.05) is 6.07 Å². The Labute approximate surface area is 132 Å². The Morgan fingerprint density at radius 3 is 2.76 bits per heavy atom. The summed E-state index contributed by atoms with van der Waals surface area (Å²) < 4.78 is 27.1. The van der Waals surface area contributed by atoms with Gasteiger partial charge < -0.3 is 4.90 Å². The summed E-state index contributed by atoms with van der Waals surface area (Å²) in [5.74, 6) is -0.254. The van der Waals surface area contributed by atoms with Crippen molar-refractivity contribution in [1.82, 2.24) is 9.62 Å². The maximum atomic E-state index is 12.0. The van der Waals surface area contributed by atoms with Crippen molar-refractivity contribution < 1.29 is 13.2 Å². The van der Waals surface area contributed by atoms with Crippen molar-refractivity contribution in [2.75, 3.05) is 19.6 Å². The number of hydrogen-bond acceptors (Lipinski definition) is 4. The number of carbonyl (C=O) groups excluding carboxylic acids is 1. The molecule has 0 saturated heterocycles. The molecule has 0 spiro atoms. The number of amides is 1. The largest absolute Gasteiger partial charge is 0.330 e. The first-order valence-corrected chi connectivity index (χ1v) is 8.58. The SMILES string of the molecule is CCN(CC#N)C(=O)CCNS(=O)(=O)c1cccc(Br)c1. The third kappa shape index (κ3) is 5.46. The van der Waals surface area contributed by atoms with E-state index in [2.05, 4.69) is 20.7 Å². The number of hydrogen-bond donors (Lipinski definition) is 1. The quantitative estimate of drug-likeness (QED) is 0.733. The van der Waals surface area contributed by atoms with Gasteiger partial charge in [0.2, 0.25) is 15.9 Å². The Bertz CT molecular complexity index is 640. The molecule has 0 aliphatic rings. The number of sulfonamides is 1. The summed E-state index contributed by atoms with van der Waals surface area (Å²) in [7, 11) is -3.64. The molecule has 0 fully saturated rings. The lowest BCUT2D eigenvalue weighted by molar-refractivity contribution is -0.130. The van der Waals surface area contributed by atoms with Gasteiger partial charge in [-0.05, 0) is 25.1 Å². The van der Waals surface area contributed by atoms with Crippen LogP contribution < -0.4 is 4.72 Å². The molecule has 0 aliphatic heterocycles. The van der Waals surface area contributed by atoms with Crippen molar-refractivity contribution in [3.05, 3.63) is 28.7 Å². The van der Waals surface area contributed by atoms with Crippen molar-refractivity contribution in [2.45, 2.75) is 18.2 Å². The van der Waals surface area contributed by atoms with Gasteiger partial charge in [-0.3, -0.25) is 4.79 Å². The molecule has 0 radical (unpaired) electrons. The Morgan fingerprint density at radius 2 is 2.19 bits per heavy atom. The fraction of sp³-hybridized carbons (Fsp3) is 0.385. The summed E-state index contributed by atoms with van der Waals surface area (Å²) in [5.41, 5.74) is 0. The van der Waals surface area contributed by atoms with E-state index in [0.717, 1.165) is 0 Å². The average molecular weight is 374 g/mol. The highest BCUT2D eigenvalue weighted by Gasteiger charge is 2.16. The zero-order chi connectivity index (χ0) is 15.9. The summed E-state index contributed by atoms with van der Waals surface area (Å²) in [6.07, 6.45) is 0.0166. The molecule has 6 nitrogen and oxygen atoms in total. The van der Waals surface area contributed by atoms with Gasteiger partial charge in [0, 0.05) is 24.0 Å². The molecule has 8 heteroatoms. The first kappa shape index (κ1) is 17.6. The fourth-order valence-corrected chi connectivity index (χ4v) is 3.26. The van der Waals surface area contributed by atoms with E-state index in [0.29, 0.717) is 11.0 Å². The predicted octanol–water partition coefficient (Wildman–Crippen LogP) is 1.49. The minimum absolute atomic E-state index is 0.00436. The summed E-state index contributed by atoms with van der Waals surface area (Å²) in [6, 6.07) is 8.21. The summed E-state index contributed by atoms with van der Waals surface area (Å²) in [6.45, 7) is 2.19. The van der Waals surface area contributed by atoms with Gasteiger partial charge in [0.15, 0.2) is 0 Å². The number of nitrogens with one attached hydrogen (secondary N) is 1. The lowest BCUT2D eigenvalue weighted by Gasteiger charge is -2.17. The van der Waals surface area contributed by atoms with Crippen LogP contribution in [-0.4, -0.2) is 38.9 Å². The molecule has 0 unspecified atom stereocenters. The molecule has 1 aromatic carbocycles. The lowest BCUT2D eigenvalue weighted by Crippen LogP contribution is -2.34. The fourth-order valence-electron chi connectivity index (χ4n) is 1.63. The highest BCUT2D eigenvalue weighted by molar-refractivity contribution is 9.10. The third-order valence-corrected chi connectivity index (χ3v) is 4.69. The lowest BCUT2D eigenvalue weighted by atomic mass is 10.3. The second kappa shape index (κ2) is 8.12. The molecule has 114 valence electrons. The van der Waals surface area contributed by atoms with E-state index in [1.165, 1.54) is 17.0 Å². The molecule has 0 saturated carbocycles. The Hall–Kier alpha value is -1.43. The van der Waals surface area contributed by atoms with Crippen molar-refractivity contribution in [1.29, 1.82) is 5.26 Å². The van der Waals surface area contributed by atoms with Gasteiger partial charge >= 0.3 is 0 Å². The number of carbonyl (C=O) groups is 1. The number of nitriles is 1. The minimum atomic E-state index is -3.64. The van der Waals surface area contributed by atoms with Crippen LogP contribution in [0.15, 0.2) is 33.6 Å². The molecule has 0 aliphatic carbocycles. The van der Waals surface area contributed by atoms with Gasteiger partial charge in [0.1, 0.15) is 6.54 Å². The van der Waals surface area contributed by atoms with Crippen LogP contribution in [0.4, 0.5) is 0 Å². The zero-order valence-electron chi connectivity index (χ0n) is 11.5. The zero-order valence-corrected chi connectivity index (χ0v) is 13.9. The third-order valence-electron chi connectivity index (χ3n) is 2.73. The van der Waals surface area contributed by atoms with E-state index >= 15 is 0 Å². The molecule has 0 heterocycles. The first-order valence-electron chi connectivity index (χ1n) is 6.30. The molecular weight excluding hydrogens is 358 g/mol. The molecule has 21 heavy (non-hydrogen) atoms. The Kier molecular flexibility index (Phi) is 6.81. The maximum absolute atomic E-state index is 12.0. The molecule has 0 atom stereocenters. The standard InChI is InChI=1S/C13H16BrN3O3S/c1-2-17(9-7-15)13(18)6-8-16-21(19,20)12-5-3-4-11(14)10-12/h3-5,10,16H,2,6,8-9H2,1H3. The van der Waals surface area contributed by atoms with Gasteiger partial charge in [0.05, 0.1) is 11.0 Å². The second-order valence-corrected chi connectivity index (χ2v) is 6.85. The van der Waals surface area contributed by atoms with Crippen LogP contribution in [0.2, 0.25) is 0 Å². The van der Waals surface area contributed by atoms with E-state index in [1.54, 1.807) is 19.1 Å². The highest BCUT2D eigenvalue weighted by Crippen LogP contribution is 2.15. The minimum Gasteiger partial charge on any atom is -0.330 e. The number of rotatable bonds is 7.